The van der Waals surface area contributed by atoms with Crippen LogP contribution < -0.4 is 5.32 Å². The molecule has 0 aliphatic carbocycles. The number of unbranched alkanes of at least 4 members (excludes halogenated alkanes) is 28. The summed E-state index contributed by atoms with van der Waals surface area (Å²) in [6, 6.07) is -0.820. The Hall–Kier alpha value is -0.720. The second-order valence-corrected chi connectivity index (χ2v) is 15.9. The van der Waals surface area contributed by atoms with Crippen LogP contribution in [-0.4, -0.2) is 39.6 Å². The SMILES string of the molecule is CCCCCCCC/C=C\CCCCCCCCCCCCCC(=O)N[C@@H](COP(=O)(O)O)[C@H](O)CCCCCCCCCCCCCC. The predicted octanol–water partition coefficient (Wildman–Crippen LogP) is 12.4. The summed E-state index contributed by atoms with van der Waals surface area (Å²) in [5.41, 5.74) is 0. The maximum absolute atomic E-state index is 12.6. The first-order chi connectivity index (χ1) is 23.8. The van der Waals surface area contributed by atoms with Crippen molar-refractivity contribution in [3.05, 3.63) is 12.2 Å². The monoisotopic (exact) mass is 716 g/mol. The Morgan fingerprint density at radius 2 is 0.918 bits per heavy atom. The molecule has 1 amide bonds. The molecule has 0 saturated carbocycles. The van der Waals surface area contributed by atoms with Crippen molar-refractivity contribution < 1.29 is 28.8 Å². The molecule has 0 rings (SSSR count). The number of allylic oxidation sites excluding steroid dienone is 2. The van der Waals surface area contributed by atoms with Gasteiger partial charge in [0.2, 0.25) is 5.91 Å². The van der Waals surface area contributed by atoms with Gasteiger partial charge in [-0.2, -0.15) is 0 Å². The van der Waals surface area contributed by atoms with Crippen LogP contribution in [0.25, 0.3) is 0 Å². The van der Waals surface area contributed by atoms with Gasteiger partial charge in [0.05, 0.1) is 18.8 Å². The van der Waals surface area contributed by atoms with Crippen LogP contribution in [0.2, 0.25) is 0 Å². The van der Waals surface area contributed by atoms with E-state index in [2.05, 4.69) is 35.8 Å². The summed E-state index contributed by atoms with van der Waals surface area (Å²) >= 11 is 0. The van der Waals surface area contributed by atoms with Gasteiger partial charge in [-0.05, 0) is 38.5 Å². The van der Waals surface area contributed by atoms with Gasteiger partial charge >= 0.3 is 7.82 Å². The predicted molar refractivity (Wildman–Crippen MR) is 209 cm³/mol. The number of phosphoric acid groups is 1. The lowest BCUT2D eigenvalue weighted by molar-refractivity contribution is -0.123. The molecule has 0 radical (unpaired) electrons. The van der Waals surface area contributed by atoms with Crippen molar-refractivity contribution >= 4 is 13.7 Å². The van der Waals surface area contributed by atoms with Crippen LogP contribution in [-0.2, 0) is 13.9 Å². The standard InChI is InChI=1S/C41H82NO6P/c1-3-5-7-9-11-13-15-17-18-19-20-21-22-23-24-25-27-29-31-33-35-37-41(44)42-39(38-48-49(45,46)47)40(43)36-34-32-30-28-26-16-14-12-10-8-6-4-2/h17-18,39-40,43H,3-16,19-38H2,1-2H3,(H,42,44)(H2,45,46,47)/b18-17-/t39-,40+/m0/s1. The first-order valence-corrected chi connectivity index (χ1v) is 22.7. The van der Waals surface area contributed by atoms with Gasteiger partial charge in [-0.3, -0.25) is 9.32 Å². The van der Waals surface area contributed by atoms with Gasteiger partial charge in [0.25, 0.3) is 0 Å². The topological polar surface area (TPSA) is 116 Å². The molecule has 4 N–H and O–H groups in total. The molecule has 49 heavy (non-hydrogen) atoms. The van der Waals surface area contributed by atoms with Gasteiger partial charge in [-0.15, -0.1) is 0 Å². The maximum Gasteiger partial charge on any atom is 0.469 e. The fourth-order valence-corrected chi connectivity index (χ4v) is 6.87. The molecular formula is C41H82NO6P. The Bertz CT molecular complexity index is 773. The highest BCUT2D eigenvalue weighted by Gasteiger charge is 2.25. The van der Waals surface area contributed by atoms with E-state index in [1.54, 1.807) is 0 Å². The fraction of sp³-hybridized carbons (Fsp3) is 0.927. The number of aliphatic hydroxyl groups excluding tert-OH is 1. The molecule has 0 aromatic rings. The van der Waals surface area contributed by atoms with E-state index >= 15 is 0 Å². The van der Waals surface area contributed by atoms with E-state index in [9.17, 15) is 14.5 Å². The van der Waals surface area contributed by atoms with Crippen molar-refractivity contribution in [3.8, 4) is 0 Å². The highest BCUT2D eigenvalue weighted by Crippen LogP contribution is 2.36. The van der Waals surface area contributed by atoms with Gasteiger partial charge in [0.15, 0.2) is 0 Å². The number of phosphoric ester groups is 1. The number of carbonyl (C=O) groups is 1. The fourth-order valence-electron chi connectivity index (χ4n) is 6.52. The highest BCUT2D eigenvalue weighted by molar-refractivity contribution is 7.46. The molecule has 0 aromatic heterocycles. The molecule has 0 heterocycles. The van der Waals surface area contributed by atoms with Gasteiger partial charge in [0, 0.05) is 6.42 Å². The van der Waals surface area contributed by atoms with Crippen LogP contribution in [0.5, 0.6) is 0 Å². The number of carbonyl (C=O) groups excluding carboxylic acids is 1. The molecule has 8 heteroatoms. The summed E-state index contributed by atoms with van der Waals surface area (Å²) in [5, 5.41) is 13.5. The molecule has 0 aliphatic heterocycles. The van der Waals surface area contributed by atoms with E-state index < -0.39 is 26.6 Å². The largest absolute Gasteiger partial charge is 0.469 e. The summed E-state index contributed by atoms with van der Waals surface area (Å²) in [6.07, 6.45) is 43.4. The molecule has 0 bridgehead atoms. The summed E-state index contributed by atoms with van der Waals surface area (Å²) in [6.45, 7) is 4.12. The van der Waals surface area contributed by atoms with E-state index in [0.717, 1.165) is 38.5 Å². The van der Waals surface area contributed by atoms with Crippen molar-refractivity contribution in [3.63, 3.8) is 0 Å². The lowest BCUT2D eigenvalue weighted by Crippen LogP contribution is -2.46. The number of rotatable bonds is 39. The molecule has 0 spiro atoms. The third kappa shape index (κ3) is 38.3. The van der Waals surface area contributed by atoms with Crippen molar-refractivity contribution in [2.75, 3.05) is 6.61 Å². The zero-order chi connectivity index (χ0) is 36.1. The number of hydrogen-bond donors (Lipinski definition) is 4. The second kappa shape index (κ2) is 37.1. The van der Waals surface area contributed by atoms with Gasteiger partial charge in [-0.1, -0.05) is 193 Å². The van der Waals surface area contributed by atoms with E-state index in [0.29, 0.717) is 12.8 Å². The number of nitrogens with one attached hydrogen (secondary N) is 1. The summed E-state index contributed by atoms with van der Waals surface area (Å²) in [7, 11) is -4.69. The van der Waals surface area contributed by atoms with E-state index in [1.165, 1.54) is 161 Å². The first kappa shape index (κ1) is 48.3. The first-order valence-electron chi connectivity index (χ1n) is 21.1. The average Bonchev–Trinajstić information content (AvgIpc) is 3.07. The zero-order valence-corrected chi connectivity index (χ0v) is 33.3. The minimum absolute atomic E-state index is 0.193. The molecular weight excluding hydrogens is 633 g/mol. The van der Waals surface area contributed by atoms with Crippen LogP contribution in [0.3, 0.4) is 0 Å². The summed E-state index contributed by atoms with van der Waals surface area (Å²) in [5.74, 6) is -0.193. The van der Waals surface area contributed by atoms with Crippen molar-refractivity contribution in [1.82, 2.24) is 5.32 Å². The Balaban J connectivity index is 3.84. The van der Waals surface area contributed by atoms with Gasteiger partial charge in [0.1, 0.15) is 0 Å². The van der Waals surface area contributed by atoms with Gasteiger partial charge in [-0.25, -0.2) is 4.57 Å². The normalized spacial score (nSPS) is 13.3. The van der Waals surface area contributed by atoms with E-state index in [4.69, 9.17) is 9.79 Å². The minimum atomic E-state index is -4.69. The Morgan fingerprint density at radius 3 is 1.31 bits per heavy atom. The smallest absolute Gasteiger partial charge is 0.391 e. The maximum atomic E-state index is 12.6. The Labute approximate surface area is 303 Å². The van der Waals surface area contributed by atoms with Crippen molar-refractivity contribution in [2.24, 2.45) is 0 Å². The second-order valence-electron chi connectivity index (χ2n) is 14.7. The molecule has 7 nitrogen and oxygen atoms in total. The number of amides is 1. The third-order valence-electron chi connectivity index (χ3n) is 9.75. The molecule has 0 aliphatic rings. The highest BCUT2D eigenvalue weighted by atomic mass is 31.2. The molecule has 0 aromatic carbocycles. The van der Waals surface area contributed by atoms with E-state index in [-0.39, 0.29) is 5.91 Å². The van der Waals surface area contributed by atoms with Crippen LogP contribution in [0.4, 0.5) is 0 Å². The van der Waals surface area contributed by atoms with Crippen LogP contribution in [0.1, 0.15) is 226 Å². The molecule has 0 unspecified atom stereocenters. The lowest BCUT2D eigenvalue weighted by Gasteiger charge is -2.24. The third-order valence-corrected chi connectivity index (χ3v) is 10.2. The van der Waals surface area contributed by atoms with Crippen LogP contribution >= 0.6 is 7.82 Å². The average molecular weight is 716 g/mol. The Kier molecular flexibility index (Phi) is 36.5. The summed E-state index contributed by atoms with van der Waals surface area (Å²) in [4.78, 5) is 30.9. The zero-order valence-electron chi connectivity index (χ0n) is 32.4. The lowest BCUT2D eigenvalue weighted by atomic mass is 10.0. The Morgan fingerprint density at radius 1 is 0.571 bits per heavy atom. The van der Waals surface area contributed by atoms with Crippen molar-refractivity contribution in [2.45, 2.75) is 238 Å². The molecule has 2 atom stereocenters. The van der Waals surface area contributed by atoms with Crippen LogP contribution in [0, 0.1) is 0 Å². The molecule has 292 valence electrons. The molecule has 0 fully saturated rings. The van der Waals surface area contributed by atoms with E-state index in [1.807, 2.05) is 0 Å². The van der Waals surface area contributed by atoms with Gasteiger partial charge < -0.3 is 20.2 Å². The molecule has 0 saturated heterocycles. The summed E-state index contributed by atoms with van der Waals surface area (Å²) < 4.78 is 15.9. The minimum Gasteiger partial charge on any atom is -0.391 e. The number of hydrogen-bond acceptors (Lipinski definition) is 4. The number of aliphatic hydroxyl groups is 1. The quantitative estimate of drug-likeness (QED) is 0.0286. The van der Waals surface area contributed by atoms with Crippen LogP contribution in [0.15, 0.2) is 12.2 Å². The van der Waals surface area contributed by atoms with Crippen molar-refractivity contribution in [1.29, 1.82) is 0 Å².